The molecule has 19 heavy (non-hydrogen) atoms. The Balaban J connectivity index is 1.78. The van der Waals surface area contributed by atoms with E-state index in [-0.39, 0.29) is 5.91 Å². The van der Waals surface area contributed by atoms with Crippen molar-refractivity contribution in [2.75, 3.05) is 6.54 Å². The molecule has 1 N–H and O–H groups in total. The Morgan fingerprint density at radius 3 is 2.95 bits per heavy atom. The fourth-order valence-electron chi connectivity index (χ4n) is 1.71. The van der Waals surface area contributed by atoms with Gasteiger partial charge < -0.3 is 5.32 Å². The van der Waals surface area contributed by atoms with Gasteiger partial charge in [-0.15, -0.1) is 29.3 Å². The summed E-state index contributed by atoms with van der Waals surface area (Å²) >= 11 is 3.56. The molecule has 0 aliphatic rings. The van der Waals surface area contributed by atoms with Crippen molar-refractivity contribution in [2.45, 2.75) is 19.3 Å². The maximum atomic E-state index is 11.4. The van der Waals surface area contributed by atoms with Gasteiger partial charge in [0, 0.05) is 27.6 Å². The molecule has 2 rings (SSSR count). The van der Waals surface area contributed by atoms with Gasteiger partial charge in [-0.1, -0.05) is 12.1 Å². The summed E-state index contributed by atoms with van der Waals surface area (Å²) in [5.41, 5.74) is 0. The minimum atomic E-state index is 0.106. The van der Waals surface area contributed by atoms with Gasteiger partial charge in [0.25, 0.3) is 0 Å². The molecule has 0 atom stereocenters. The summed E-state index contributed by atoms with van der Waals surface area (Å²) in [5, 5.41) is 5.02. The predicted octanol–water partition coefficient (Wildman–Crippen LogP) is 4.10. The number of amides is 1. The summed E-state index contributed by atoms with van der Waals surface area (Å²) < 4.78 is 0. The van der Waals surface area contributed by atoms with Gasteiger partial charge in [-0.2, -0.15) is 0 Å². The molecule has 0 bridgehead atoms. The van der Waals surface area contributed by atoms with Crippen molar-refractivity contribution in [1.82, 2.24) is 5.32 Å². The maximum Gasteiger partial charge on any atom is 0.220 e. The van der Waals surface area contributed by atoms with Gasteiger partial charge in [0.1, 0.15) is 0 Å². The third-order valence-electron chi connectivity index (χ3n) is 2.69. The highest BCUT2D eigenvalue weighted by molar-refractivity contribution is 7.21. The molecule has 2 heterocycles. The second-order valence-electron chi connectivity index (χ2n) is 4.17. The van der Waals surface area contributed by atoms with E-state index in [1.165, 1.54) is 14.6 Å². The molecule has 0 spiro atoms. The van der Waals surface area contributed by atoms with Gasteiger partial charge in [0.2, 0.25) is 5.91 Å². The lowest BCUT2D eigenvalue weighted by Gasteiger charge is -2.02. The maximum absolute atomic E-state index is 11.4. The first-order valence-corrected chi connectivity index (χ1v) is 7.99. The van der Waals surface area contributed by atoms with Crippen molar-refractivity contribution in [3.8, 4) is 9.75 Å². The first kappa shape index (κ1) is 14.0. The normalized spacial score (nSPS) is 10.3. The number of rotatable bonds is 7. The summed E-state index contributed by atoms with van der Waals surface area (Å²) in [6, 6.07) is 8.51. The van der Waals surface area contributed by atoms with Gasteiger partial charge in [0.15, 0.2) is 0 Å². The lowest BCUT2D eigenvalue weighted by Crippen LogP contribution is -2.24. The quantitative estimate of drug-likeness (QED) is 0.764. The highest BCUT2D eigenvalue weighted by atomic mass is 32.1. The molecular weight excluding hydrogens is 274 g/mol. The van der Waals surface area contributed by atoms with Crippen LogP contribution in [-0.2, 0) is 11.2 Å². The van der Waals surface area contributed by atoms with Crippen LogP contribution < -0.4 is 5.32 Å². The Morgan fingerprint density at radius 1 is 1.32 bits per heavy atom. The lowest BCUT2D eigenvalue weighted by atomic mass is 10.3. The van der Waals surface area contributed by atoms with E-state index >= 15 is 0 Å². The first-order chi connectivity index (χ1) is 9.29. The molecule has 0 radical (unpaired) electrons. The summed E-state index contributed by atoms with van der Waals surface area (Å²) in [6.45, 7) is 4.32. The van der Waals surface area contributed by atoms with Crippen LogP contribution in [0.5, 0.6) is 0 Å². The van der Waals surface area contributed by atoms with Gasteiger partial charge in [-0.25, -0.2) is 0 Å². The van der Waals surface area contributed by atoms with Crippen LogP contribution in [0.3, 0.4) is 0 Å². The Kier molecular flexibility index (Phi) is 5.36. The van der Waals surface area contributed by atoms with Crippen molar-refractivity contribution in [3.05, 3.63) is 47.2 Å². The topological polar surface area (TPSA) is 29.1 Å². The van der Waals surface area contributed by atoms with Crippen LogP contribution in [-0.4, -0.2) is 12.5 Å². The van der Waals surface area contributed by atoms with Gasteiger partial charge in [-0.3, -0.25) is 4.79 Å². The number of carbonyl (C=O) groups is 1. The van der Waals surface area contributed by atoms with E-state index in [1.807, 2.05) is 0 Å². The molecule has 0 fully saturated rings. The second-order valence-corrected chi connectivity index (χ2v) is 6.29. The molecule has 2 aromatic heterocycles. The van der Waals surface area contributed by atoms with E-state index in [0.717, 1.165) is 12.8 Å². The average molecular weight is 291 g/mol. The molecule has 0 saturated heterocycles. The second kappa shape index (κ2) is 7.26. The zero-order valence-corrected chi connectivity index (χ0v) is 12.4. The molecule has 1 amide bonds. The van der Waals surface area contributed by atoms with Gasteiger partial charge >= 0.3 is 0 Å². The molecule has 4 heteroatoms. The van der Waals surface area contributed by atoms with E-state index in [9.17, 15) is 4.79 Å². The summed E-state index contributed by atoms with van der Waals surface area (Å²) in [4.78, 5) is 15.4. The minimum absolute atomic E-state index is 0.106. The minimum Gasteiger partial charge on any atom is -0.356 e. The van der Waals surface area contributed by atoms with Crippen molar-refractivity contribution < 1.29 is 4.79 Å². The van der Waals surface area contributed by atoms with Crippen molar-refractivity contribution in [1.29, 1.82) is 0 Å². The first-order valence-electron chi connectivity index (χ1n) is 6.30. The molecule has 0 aliphatic carbocycles. The number of allylic oxidation sites excluding steroid dienone is 1. The van der Waals surface area contributed by atoms with Crippen LogP contribution in [0.2, 0.25) is 0 Å². The fraction of sp³-hybridized carbons (Fsp3) is 0.267. The highest BCUT2D eigenvalue weighted by Gasteiger charge is 2.04. The van der Waals surface area contributed by atoms with Crippen LogP contribution in [0.25, 0.3) is 9.75 Å². The zero-order chi connectivity index (χ0) is 13.5. The number of hydrogen-bond donors (Lipinski definition) is 1. The zero-order valence-electron chi connectivity index (χ0n) is 10.7. The predicted molar refractivity (Wildman–Crippen MR) is 83.8 cm³/mol. The number of carbonyl (C=O) groups excluding carboxylic acids is 1. The monoisotopic (exact) mass is 291 g/mol. The fourth-order valence-corrected chi connectivity index (χ4v) is 3.55. The number of thiophene rings is 2. The summed E-state index contributed by atoms with van der Waals surface area (Å²) in [5.74, 6) is 0.106. The van der Waals surface area contributed by atoms with Crippen LogP contribution in [0.1, 0.15) is 17.7 Å². The van der Waals surface area contributed by atoms with E-state index in [1.54, 1.807) is 28.7 Å². The van der Waals surface area contributed by atoms with E-state index in [4.69, 9.17) is 0 Å². The SMILES string of the molecule is C=CCCC(=O)NCCc1ccc(-c2cccs2)s1. The summed E-state index contributed by atoms with van der Waals surface area (Å²) in [7, 11) is 0. The van der Waals surface area contributed by atoms with Crippen LogP contribution in [0.15, 0.2) is 42.3 Å². The molecule has 0 aromatic carbocycles. The molecule has 0 saturated carbocycles. The molecule has 0 unspecified atom stereocenters. The number of hydrogen-bond acceptors (Lipinski definition) is 3. The molecule has 2 nitrogen and oxygen atoms in total. The van der Waals surface area contributed by atoms with Gasteiger partial charge in [0.05, 0.1) is 0 Å². The molecular formula is C15H17NOS2. The highest BCUT2D eigenvalue weighted by Crippen LogP contribution is 2.31. The average Bonchev–Trinajstić information content (AvgIpc) is 3.06. The van der Waals surface area contributed by atoms with Crippen LogP contribution in [0.4, 0.5) is 0 Å². The largest absolute Gasteiger partial charge is 0.356 e. The van der Waals surface area contributed by atoms with Crippen LogP contribution in [0, 0.1) is 0 Å². The Hall–Kier alpha value is -1.39. The van der Waals surface area contributed by atoms with Gasteiger partial charge in [-0.05, 0) is 36.4 Å². The van der Waals surface area contributed by atoms with E-state index in [0.29, 0.717) is 13.0 Å². The summed E-state index contributed by atoms with van der Waals surface area (Å²) in [6.07, 6.45) is 3.95. The van der Waals surface area contributed by atoms with Crippen molar-refractivity contribution in [2.24, 2.45) is 0 Å². The Bertz CT molecular complexity index is 528. The standard InChI is InChI=1S/C15H17NOS2/c1-2-3-6-15(17)16-10-9-12-7-8-14(19-12)13-5-4-11-18-13/h2,4-5,7-8,11H,1,3,6,9-10H2,(H,16,17). The van der Waals surface area contributed by atoms with Crippen molar-refractivity contribution in [3.63, 3.8) is 0 Å². The number of nitrogens with one attached hydrogen (secondary N) is 1. The van der Waals surface area contributed by atoms with Crippen LogP contribution >= 0.6 is 22.7 Å². The smallest absolute Gasteiger partial charge is 0.220 e. The third kappa shape index (κ3) is 4.33. The third-order valence-corrected chi connectivity index (χ3v) is 4.91. The Labute approximate surface area is 121 Å². The van der Waals surface area contributed by atoms with E-state index < -0.39 is 0 Å². The lowest BCUT2D eigenvalue weighted by molar-refractivity contribution is -0.120. The Morgan fingerprint density at radius 2 is 2.21 bits per heavy atom. The molecule has 100 valence electrons. The molecule has 2 aromatic rings. The molecule has 0 aliphatic heterocycles. The van der Waals surface area contributed by atoms with Crippen molar-refractivity contribution >= 4 is 28.6 Å². The van der Waals surface area contributed by atoms with E-state index in [2.05, 4.69) is 41.5 Å².